The van der Waals surface area contributed by atoms with Gasteiger partial charge in [-0.15, -0.1) is 0 Å². The van der Waals surface area contributed by atoms with Gasteiger partial charge in [0, 0.05) is 16.6 Å². The minimum atomic E-state index is -0.388. The van der Waals surface area contributed by atoms with E-state index in [0.717, 1.165) is 22.0 Å². The number of methoxy groups -OCH3 is 1. The quantitative estimate of drug-likeness (QED) is 0.594. The van der Waals surface area contributed by atoms with Gasteiger partial charge in [0.25, 0.3) is 0 Å². The third kappa shape index (κ3) is 3.88. The van der Waals surface area contributed by atoms with E-state index in [1.165, 1.54) is 13.3 Å². The van der Waals surface area contributed by atoms with E-state index in [-0.39, 0.29) is 5.97 Å². The van der Waals surface area contributed by atoms with Gasteiger partial charge in [-0.1, -0.05) is 43.6 Å². The Kier molecular flexibility index (Phi) is 5.72. The van der Waals surface area contributed by atoms with E-state index in [1.807, 2.05) is 56.3 Å². The van der Waals surface area contributed by atoms with Gasteiger partial charge in [-0.3, -0.25) is 4.98 Å². The van der Waals surface area contributed by atoms with E-state index in [4.69, 9.17) is 16.3 Å². The van der Waals surface area contributed by atoms with E-state index in [1.54, 1.807) is 6.07 Å². The van der Waals surface area contributed by atoms with Gasteiger partial charge in [0.15, 0.2) is 0 Å². The third-order valence-electron chi connectivity index (χ3n) is 3.28. The molecule has 0 aliphatic carbocycles. The van der Waals surface area contributed by atoms with Crippen molar-refractivity contribution in [2.75, 3.05) is 7.11 Å². The summed E-state index contributed by atoms with van der Waals surface area (Å²) in [5.74, 6) is -0.388. The lowest BCUT2D eigenvalue weighted by Gasteiger charge is -2.05. The third-order valence-corrected chi connectivity index (χ3v) is 3.53. The zero-order chi connectivity index (χ0) is 16.8. The standard InChI is InChI=1S/C17H12ClNO2.C2H6/c1-21-17(20)14-9-13-8-12(4-7-16(13)19-10-14)11-2-5-15(18)6-3-11;1-2/h2-10H,1H3;1-2H3. The molecule has 1 aromatic heterocycles. The first kappa shape index (κ1) is 17.0. The molecule has 23 heavy (non-hydrogen) atoms. The molecular formula is C19H18ClNO2. The van der Waals surface area contributed by atoms with Crippen LogP contribution in [-0.2, 0) is 4.74 Å². The molecule has 0 fully saturated rings. The summed E-state index contributed by atoms with van der Waals surface area (Å²) in [5.41, 5.74) is 3.38. The predicted octanol–water partition coefficient (Wildman–Crippen LogP) is 5.37. The highest BCUT2D eigenvalue weighted by Crippen LogP contribution is 2.25. The SMILES string of the molecule is CC.COC(=O)c1cnc2ccc(-c3ccc(Cl)cc3)cc2c1. The summed E-state index contributed by atoms with van der Waals surface area (Å²) in [6.07, 6.45) is 1.52. The molecule has 4 heteroatoms. The molecule has 0 unspecified atom stereocenters. The Bertz CT molecular complexity index is 813. The lowest BCUT2D eigenvalue weighted by molar-refractivity contribution is 0.0600. The number of pyridine rings is 1. The van der Waals surface area contributed by atoms with Crippen molar-refractivity contribution in [3.05, 3.63) is 65.3 Å². The number of benzene rings is 2. The second-order valence-corrected chi connectivity index (χ2v) is 5.07. The summed E-state index contributed by atoms with van der Waals surface area (Å²) >= 11 is 5.90. The summed E-state index contributed by atoms with van der Waals surface area (Å²) in [7, 11) is 1.36. The zero-order valence-corrected chi connectivity index (χ0v) is 14.1. The molecule has 0 aliphatic heterocycles. The van der Waals surface area contributed by atoms with Crippen molar-refractivity contribution < 1.29 is 9.53 Å². The maximum Gasteiger partial charge on any atom is 0.339 e. The van der Waals surface area contributed by atoms with Crippen LogP contribution in [0.4, 0.5) is 0 Å². The smallest absolute Gasteiger partial charge is 0.339 e. The number of carbonyl (C=O) groups excluding carboxylic acids is 1. The van der Waals surface area contributed by atoms with Gasteiger partial charge in [0.05, 0.1) is 18.2 Å². The number of esters is 1. The Morgan fingerprint density at radius 1 is 1.00 bits per heavy atom. The maximum absolute atomic E-state index is 11.6. The second kappa shape index (κ2) is 7.75. The van der Waals surface area contributed by atoms with E-state index < -0.39 is 0 Å². The predicted molar refractivity (Wildman–Crippen MR) is 94.9 cm³/mol. The molecule has 3 rings (SSSR count). The highest BCUT2D eigenvalue weighted by atomic mass is 35.5. The lowest BCUT2D eigenvalue weighted by Crippen LogP contribution is -2.01. The van der Waals surface area contributed by atoms with Crippen molar-refractivity contribution in [3.63, 3.8) is 0 Å². The Morgan fingerprint density at radius 3 is 2.30 bits per heavy atom. The zero-order valence-electron chi connectivity index (χ0n) is 13.3. The summed E-state index contributed by atoms with van der Waals surface area (Å²) in [6.45, 7) is 4.00. The number of fused-ring (bicyclic) bond motifs is 1. The number of aromatic nitrogens is 1. The molecular weight excluding hydrogens is 310 g/mol. The second-order valence-electron chi connectivity index (χ2n) is 4.63. The van der Waals surface area contributed by atoms with Crippen molar-refractivity contribution >= 4 is 28.5 Å². The number of rotatable bonds is 2. The van der Waals surface area contributed by atoms with Crippen LogP contribution in [0.5, 0.6) is 0 Å². The number of halogens is 1. The molecule has 0 spiro atoms. The van der Waals surface area contributed by atoms with Crippen molar-refractivity contribution in [1.29, 1.82) is 0 Å². The Balaban J connectivity index is 0.000000924. The van der Waals surface area contributed by atoms with Gasteiger partial charge in [0.1, 0.15) is 0 Å². The molecule has 0 aliphatic rings. The molecule has 1 heterocycles. The Labute approximate surface area is 140 Å². The van der Waals surface area contributed by atoms with Gasteiger partial charge in [0.2, 0.25) is 0 Å². The molecule has 0 radical (unpaired) electrons. The maximum atomic E-state index is 11.6. The van der Waals surface area contributed by atoms with E-state index in [9.17, 15) is 4.79 Å². The van der Waals surface area contributed by atoms with Gasteiger partial charge < -0.3 is 4.74 Å². The fourth-order valence-corrected chi connectivity index (χ4v) is 2.31. The first-order valence-corrected chi connectivity index (χ1v) is 7.79. The van der Waals surface area contributed by atoms with Crippen LogP contribution in [0.15, 0.2) is 54.7 Å². The molecule has 0 saturated heterocycles. The average Bonchev–Trinajstić information content (AvgIpc) is 2.62. The highest BCUT2D eigenvalue weighted by molar-refractivity contribution is 6.30. The molecule has 0 saturated carbocycles. The molecule has 0 atom stereocenters. The first-order chi connectivity index (χ1) is 11.2. The van der Waals surface area contributed by atoms with Gasteiger partial charge in [-0.05, 0) is 41.5 Å². The summed E-state index contributed by atoms with van der Waals surface area (Å²) < 4.78 is 4.72. The van der Waals surface area contributed by atoms with Crippen LogP contribution in [0.3, 0.4) is 0 Å². The normalized spacial score (nSPS) is 9.91. The minimum Gasteiger partial charge on any atom is -0.465 e. The van der Waals surface area contributed by atoms with Crippen LogP contribution in [0.1, 0.15) is 24.2 Å². The number of hydrogen-bond acceptors (Lipinski definition) is 3. The highest BCUT2D eigenvalue weighted by Gasteiger charge is 2.08. The van der Waals surface area contributed by atoms with Crippen LogP contribution >= 0.6 is 11.6 Å². The minimum absolute atomic E-state index is 0.388. The van der Waals surface area contributed by atoms with Crippen LogP contribution in [0.2, 0.25) is 5.02 Å². The topological polar surface area (TPSA) is 39.2 Å². The molecule has 0 N–H and O–H groups in total. The van der Waals surface area contributed by atoms with Crippen molar-refractivity contribution in [2.24, 2.45) is 0 Å². The van der Waals surface area contributed by atoms with Crippen molar-refractivity contribution in [2.45, 2.75) is 13.8 Å². The molecule has 3 aromatic rings. The number of hydrogen-bond donors (Lipinski definition) is 0. The molecule has 3 nitrogen and oxygen atoms in total. The van der Waals surface area contributed by atoms with Crippen molar-refractivity contribution in [1.82, 2.24) is 4.98 Å². The van der Waals surface area contributed by atoms with Crippen LogP contribution in [-0.4, -0.2) is 18.1 Å². The van der Waals surface area contributed by atoms with E-state index in [0.29, 0.717) is 10.6 Å². The summed E-state index contributed by atoms with van der Waals surface area (Å²) in [4.78, 5) is 15.8. The number of nitrogens with zero attached hydrogens (tertiary/aromatic N) is 1. The summed E-state index contributed by atoms with van der Waals surface area (Å²) in [5, 5.41) is 1.60. The molecule has 2 aromatic carbocycles. The van der Waals surface area contributed by atoms with E-state index >= 15 is 0 Å². The Morgan fingerprint density at radius 2 is 1.65 bits per heavy atom. The monoisotopic (exact) mass is 327 g/mol. The number of ether oxygens (including phenoxy) is 1. The largest absolute Gasteiger partial charge is 0.465 e. The summed E-state index contributed by atoms with van der Waals surface area (Å²) in [6, 6.07) is 15.3. The van der Waals surface area contributed by atoms with E-state index in [2.05, 4.69) is 4.98 Å². The van der Waals surface area contributed by atoms with Gasteiger partial charge in [-0.2, -0.15) is 0 Å². The first-order valence-electron chi connectivity index (χ1n) is 7.41. The van der Waals surface area contributed by atoms with Gasteiger partial charge >= 0.3 is 5.97 Å². The van der Waals surface area contributed by atoms with Crippen molar-refractivity contribution in [3.8, 4) is 11.1 Å². The van der Waals surface area contributed by atoms with Gasteiger partial charge in [-0.25, -0.2) is 4.79 Å². The average molecular weight is 328 g/mol. The number of carbonyl (C=O) groups is 1. The lowest BCUT2D eigenvalue weighted by atomic mass is 10.0. The van der Waals surface area contributed by atoms with Crippen LogP contribution < -0.4 is 0 Å². The molecule has 0 amide bonds. The fourth-order valence-electron chi connectivity index (χ4n) is 2.18. The fraction of sp³-hybridized carbons (Fsp3) is 0.158. The Hall–Kier alpha value is -2.39. The van der Waals surface area contributed by atoms with Crippen LogP contribution in [0.25, 0.3) is 22.0 Å². The molecule has 0 bridgehead atoms. The molecule has 118 valence electrons. The van der Waals surface area contributed by atoms with Crippen LogP contribution in [0, 0.1) is 0 Å².